The van der Waals surface area contributed by atoms with Crippen LogP contribution in [0.5, 0.6) is 0 Å². The lowest BCUT2D eigenvalue weighted by molar-refractivity contribution is -0.137. The van der Waals surface area contributed by atoms with Gasteiger partial charge in [0, 0.05) is 30.1 Å². The molecular weight excluding hydrogens is 286 g/mol. The number of aliphatic carboxylic acids is 2. The van der Waals surface area contributed by atoms with E-state index in [9.17, 15) is 14.4 Å². The van der Waals surface area contributed by atoms with Crippen LogP contribution in [0.25, 0.3) is 10.9 Å². The number of carbonyl (C=O) groups is 2. The van der Waals surface area contributed by atoms with Crippen LogP contribution < -0.4 is 5.43 Å². The Hall–Kier alpha value is -2.63. The smallest absolute Gasteiger partial charge is 0.307 e. The van der Waals surface area contributed by atoms with E-state index in [1.165, 1.54) is 0 Å². The van der Waals surface area contributed by atoms with E-state index in [1.54, 1.807) is 32.2 Å². The third-order valence-corrected chi connectivity index (χ3v) is 3.83. The van der Waals surface area contributed by atoms with Crippen molar-refractivity contribution in [3.63, 3.8) is 0 Å². The zero-order chi connectivity index (χ0) is 16.4. The number of pyridine rings is 1. The zero-order valence-electron chi connectivity index (χ0n) is 12.4. The van der Waals surface area contributed by atoms with E-state index in [0.29, 0.717) is 22.0 Å². The summed E-state index contributed by atoms with van der Waals surface area (Å²) in [6, 6.07) is 4.99. The maximum absolute atomic E-state index is 12.6. The lowest BCUT2D eigenvalue weighted by atomic mass is 10.0. The van der Waals surface area contributed by atoms with Crippen molar-refractivity contribution in [3.8, 4) is 0 Å². The Kier molecular flexibility index (Phi) is 4.30. The molecule has 6 heteroatoms. The minimum atomic E-state index is -0.964. The molecule has 6 nitrogen and oxygen atoms in total. The SMILES string of the molecule is Cc1c(CCC(=O)O)c(=O)c2cc(CC(=O)O)ccc2n1C. The number of rotatable bonds is 5. The van der Waals surface area contributed by atoms with Gasteiger partial charge < -0.3 is 14.8 Å². The van der Waals surface area contributed by atoms with Gasteiger partial charge in [-0.2, -0.15) is 0 Å². The van der Waals surface area contributed by atoms with Crippen LogP contribution in [0.15, 0.2) is 23.0 Å². The number of fused-ring (bicyclic) bond motifs is 1. The molecule has 116 valence electrons. The molecule has 2 N–H and O–H groups in total. The Bertz CT molecular complexity index is 819. The number of hydrogen-bond acceptors (Lipinski definition) is 3. The first kappa shape index (κ1) is 15.8. The number of hydrogen-bond donors (Lipinski definition) is 2. The maximum atomic E-state index is 12.6. The van der Waals surface area contributed by atoms with Crippen molar-refractivity contribution >= 4 is 22.8 Å². The number of benzene rings is 1. The molecule has 0 aliphatic rings. The Labute approximate surface area is 126 Å². The van der Waals surface area contributed by atoms with E-state index in [4.69, 9.17) is 10.2 Å². The van der Waals surface area contributed by atoms with Crippen LogP contribution >= 0.6 is 0 Å². The lowest BCUT2D eigenvalue weighted by Gasteiger charge is -2.14. The normalized spacial score (nSPS) is 10.8. The summed E-state index contributed by atoms with van der Waals surface area (Å²) in [5.41, 5.74) is 2.22. The van der Waals surface area contributed by atoms with Crippen molar-refractivity contribution in [1.82, 2.24) is 4.57 Å². The summed E-state index contributed by atoms with van der Waals surface area (Å²) in [5.74, 6) is -1.92. The fourth-order valence-corrected chi connectivity index (χ4v) is 2.58. The van der Waals surface area contributed by atoms with Gasteiger partial charge in [-0.15, -0.1) is 0 Å². The number of aryl methyl sites for hydroxylation is 1. The highest BCUT2D eigenvalue weighted by Gasteiger charge is 2.14. The average molecular weight is 303 g/mol. The van der Waals surface area contributed by atoms with Crippen molar-refractivity contribution in [2.45, 2.75) is 26.2 Å². The topological polar surface area (TPSA) is 96.6 Å². The second-order valence-electron chi connectivity index (χ2n) is 5.27. The molecule has 0 aliphatic heterocycles. The number of carboxylic acid groups (broad SMARTS) is 2. The van der Waals surface area contributed by atoms with E-state index in [2.05, 4.69) is 0 Å². The summed E-state index contributed by atoms with van der Waals surface area (Å²) in [7, 11) is 1.80. The average Bonchev–Trinajstić information content (AvgIpc) is 2.44. The quantitative estimate of drug-likeness (QED) is 0.872. The van der Waals surface area contributed by atoms with Crippen molar-refractivity contribution in [2.75, 3.05) is 0 Å². The van der Waals surface area contributed by atoms with Crippen LogP contribution in [0.4, 0.5) is 0 Å². The molecule has 0 saturated carbocycles. The van der Waals surface area contributed by atoms with Crippen molar-refractivity contribution in [1.29, 1.82) is 0 Å². The predicted molar refractivity (Wildman–Crippen MR) is 81.2 cm³/mol. The standard InChI is InChI=1S/C16H17NO5/c1-9-11(4-6-14(18)19)16(22)12-7-10(8-15(20)21)3-5-13(12)17(9)2/h3,5,7H,4,6,8H2,1-2H3,(H,18,19)(H,20,21). The van der Waals surface area contributed by atoms with Crippen molar-refractivity contribution in [2.24, 2.45) is 7.05 Å². The molecule has 0 bridgehead atoms. The van der Waals surface area contributed by atoms with Gasteiger partial charge in [0.1, 0.15) is 0 Å². The van der Waals surface area contributed by atoms with Crippen LogP contribution in [0, 0.1) is 6.92 Å². The van der Waals surface area contributed by atoms with Gasteiger partial charge in [0.2, 0.25) is 0 Å². The summed E-state index contributed by atoms with van der Waals surface area (Å²) in [6.45, 7) is 1.78. The fourth-order valence-electron chi connectivity index (χ4n) is 2.58. The monoisotopic (exact) mass is 303 g/mol. The molecule has 0 aliphatic carbocycles. The molecule has 0 amide bonds. The minimum Gasteiger partial charge on any atom is -0.481 e. The molecule has 2 aromatic rings. The zero-order valence-corrected chi connectivity index (χ0v) is 12.4. The first-order valence-corrected chi connectivity index (χ1v) is 6.86. The summed E-state index contributed by atoms with van der Waals surface area (Å²) >= 11 is 0. The molecule has 1 aromatic carbocycles. The van der Waals surface area contributed by atoms with Crippen LogP contribution in [0.1, 0.15) is 23.2 Å². The molecule has 0 atom stereocenters. The van der Waals surface area contributed by atoms with E-state index < -0.39 is 11.9 Å². The molecule has 0 saturated heterocycles. The van der Waals surface area contributed by atoms with Gasteiger partial charge in [-0.1, -0.05) is 6.07 Å². The Morgan fingerprint density at radius 2 is 1.86 bits per heavy atom. The third kappa shape index (κ3) is 3.00. The predicted octanol–water partition coefficient (Wildman–Crippen LogP) is 1.49. The summed E-state index contributed by atoms with van der Waals surface area (Å²) in [4.78, 5) is 34.1. The first-order valence-electron chi connectivity index (χ1n) is 6.86. The largest absolute Gasteiger partial charge is 0.481 e. The van der Waals surface area contributed by atoms with Gasteiger partial charge in [-0.25, -0.2) is 0 Å². The van der Waals surface area contributed by atoms with E-state index in [1.807, 2.05) is 4.57 Å². The summed E-state index contributed by atoms with van der Waals surface area (Å²) in [6.07, 6.45) is -0.110. The van der Waals surface area contributed by atoms with Crippen LogP contribution in [0.3, 0.4) is 0 Å². The van der Waals surface area contributed by atoms with Crippen molar-refractivity contribution < 1.29 is 19.8 Å². The number of carboxylic acids is 2. The van der Waals surface area contributed by atoms with Gasteiger partial charge in [-0.05, 0) is 31.0 Å². The Balaban J connectivity index is 2.64. The molecule has 22 heavy (non-hydrogen) atoms. The van der Waals surface area contributed by atoms with E-state index in [-0.39, 0.29) is 24.7 Å². The Morgan fingerprint density at radius 3 is 2.45 bits per heavy atom. The van der Waals surface area contributed by atoms with Gasteiger partial charge in [-0.3, -0.25) is 14.4 Å². The summed E-state index contributed by atoms with van der Waals surface area (Å²) in [5, 5.41) is 18.1. The molecule has 0 unspecified atom stereocenters. The highest BCUT2D eigenvalue weighted by atomic mass is 16.4. The van der Waals surface area contributed by atoms with E-state index >= 15 is 0 Å². The molecule has 1 heterocycles. The molecule has 0 radical (unpaired) electrons. The molecule has 0 spiro atoms. The van der Waals surface area contributed by atoms with Crippen LogP contribution in [-0.2, 0) is 29.5 Å². The van der Waals surface area contributed by atoms with Crippen molar-refractivity contribution in [3.05, 3.63) is 45.2 Å². The third-order valence-electron chi connectivity index (χ3n) is 3.83. The van der Waals surface area contributed by atoms with Crippen LogP contribution in [-0.4, -0.2) is 26.7 Å². The van der Waals surface area contributed by atoms with Gasteiger partial charge in [0.15, 0.2) is 5.43 Å². The highest BCUT2D eigenvalue weighted by molar-refractivity contribution is 5.82. The second-order valence-corrected chi connectivity index (χ2v) is 5.27. The van der Waals surface area contributed by atoms with Gasteiger partial charge in [0.25, 0.3) is 0 Å². The second kappa shape index (κ2) is 6.01. The van der Waals surface area contributed by atoms with Crippen LogP contribution in [0.2, 0.25) is 0 Å². The highest BCUT2D eigenvalue weighted by Crippen LogP contribution is 2.18. The minimum absolute atomic E-state index is 0.115. The first-order chi connectivity index (χ1) is 10.3. The number of aromatic nitrogens is 1. The fraction of sp³-hybridized carbons (Fsp3) is 0.312. The molecule has 2 rings (SSSR count). The van der Waals surface area contributed by atoms with E-state index in [0.717, 1.165) is 5.69 Å². The Morgan fingerprint density at radius 1 is 1.18 bits per heavy atom. The van der Waals surface area contributed by atoms with Gasteiger partial charge >= 0.3 is 11.9 Å². The molecule has 1 aromatic heterocycles. The lowest BCUT2D eigenvalue weighted by Crippen LogP contribution is -2.18. The summed E-state index contributed by atoms with van der Waals surface area (Å²) < 4.78 is 1.83. The maximum Gasteiger partial charge on any atom is 0.307 e. The molecule has 0 fully saturated rings. The number of nitrogens with zero attached hydrogens (tertiary/aromatic N) is 1. The molecular formula is C16H17NO5. The van der Waals surface area contributed by atoms with Gasteiger partial charge in [0.05, 0.1) is 11.9 Å².